The molecular formula is C28H38ClN5O2. The summed E-state index contributed by atoms with van der Waals surface area (Å²) < 4.78 is 4.58. The summed E-state index contributed by atoms with van der Waals surface area (Å²) in [6.07, 6.45) is 12.0. The fraction of sp³-hybridized carbons (Fsp3) is 0.429. The number of aromatic nitrogens is 2. The number of primary amides is 1. The molecule has 194 valence electrons. The molecule has 8 heteroatoms. The molecule has 1 fully saturated rings. The van der Waals surface area contributed by atoms with Gasteiger partial charge in [-0.15, -0.1) is 0 Å². The molecule has 36 heavy (non-hydrogen) atoms. The number of hydrogen-bond acceptors (Lipinski definition) is 6. The fourth-order valence-electron chi connectivity index (χ4n) is 3.54. The van der Waals surface area contributed by atoms with Crippen molar-refractivity contribution in [1.82, 2.24) is 14.9 Å². The average molecular weight is 512 g/mol. The number of nitrogens with two attached hydrogens (primary N) is 1. The Morgan fingerprint density at radius 2 is 1.83 bits per heavy atom. The van der Waals surface area contributed by atoms with Gasteiger partial charge in [-0.25, -0.2) is 4.79 Å². The van der Waals surface area contributed by atoms with Gasteiger partial charge in [0.25, 0.3) is 0 Å². The van der Waals surface area contributed by atoms with Crippen LogP contribution in [0.15, 0.2) is 69.7 Å². The molecule has 0 spiro atoms. The number of halogens is 1. The second-order valence-corrected chi connectivity index (χ2v) is 9.91. The Balaban J connectivity index is 0.000000493. The first-order valence-corrected chi connectivity index (χ1v) is 12.6. The summed E-state index contributed by atoms with van der Waals surface area (Å²) >= 11 is 6.76. The zero-order valence-corrected chi connectivity index (χ0v) is 23.0. The van der Waals surface area contributed by atoms with Gasteiger partial charge in [-0.1, -0.05) is 36.2 Å². The van der Waals surface area contributed by atoms with E-state index in [0.29, 0.717) is 0 Å². The lowest BCUT2D eigenvalue weighted by Crippen LogP contribution is -2.27. The number of nitrogens with zero attached hydrogens (tertiary/aromatic N) is 4. The van der Waals surface area contributed by atoms with Crippen molar-refractivity contribution >= 4 is 34.9 Å². The van der Waals surface area contributed by atoms with Crippen LogP contribution in [0.25, 0.3) is 11.0 Å². The van der Waals surface area contributed by atoms with Crippen molar-refractivity contribution in [1.29, 1.82) is 0 Å². The molecule has 1 aromatic carbocycles. The molecule has 0 saturated carbocycles. The third-order valence-electron chi connectivity index (χ3n) is 5.35. The summed E-state index contributed by atoms with van der Waals surface area (Å²) in [5.41, 5.74) is 10.2. The molecule has 3 rings (SSSR count). The second kappa shape index (κ2) is 13.8. The number of amides is 1. The van der Waals surface area contributed by atoms with Crippen LogP contribution in [0.4, 0.5) is 4.79 Å². The third-order valence-corrected chi connectivity index (χ3v) is 5.64. The number of rotatable bonds is 6. The van der Waals surface area contributed by atoms with Crippen LogP contribution in [0.1, 0.15) is 66.4 Å². The number of hydrogen-bond donors (Lipinski definition) is 1. The van der Waals surface area contributed by atoms with Gasteiger partial charge in [-0.2, -0.15) is 0 Å². The monoisotopic (exact) mass is 511 g/mol. The number of ether oxygens (including phenoxy) is 1. The number of aliphatic imine (C=N–C) groups is 1. The van der Waals surface area contributed by atoms with E-state index in [-0.39, 0.29) is 0 Å². The molecule has 0 bridgehead atoms. The Kier molecular flexibility index (Phi) is 11.1. The van der Waals surface area contributed by atoms with Crippen LogP contribution >= 0.6 is 11.6 Å². The zero-order chi connectivity index (χ0) is 26.7. The van der Waals surface area contributed by atoms with Crippen molar-refractivity contribution in [3.8, 4) is 0 Å². The molecule has 1 aromatic heterocycles. The molecule has 7 nitrogen and oxygen atoms in total. The lowest BCUT2D eigenvalue weighted by molar-refractivity contribution is 0.0600. The van der Waals surface area contributed by atoms with E-state index in [1.54, 1.807) is 33.2 Å². The van der Waals surface area contributed by atoms with E-state index in [1.807, 2.05) is 37.4 Å². The molecule has 0 aliphatic carbocycles. The van der Waals surface area contributed by atoms with Crippen molar-refractivity contribution in [2.45, 2.75) is 66.4 Å². The summed E-state index contributed by atoms with van der Waals surface area (Å²) in [6, 6.07) is 5.98. The van der Waals surface area contributed by atoms with Crippen LogP contribution in [0.5, 0.6) is 0 Å². The largest absolute Gasteiger partial charge is 0.444 e. The van der Waals surface area contributed by atoms with E-state index in [2.05, 4.69) is 39.5 Å². The van der Waals surface area contributed by atoms with Crippen molar-refractivity contribution in [2.24, 2.45) is 10.7 Å². The topological polar surface area (TPSA) is 93.7 Å². The van der Waals surface area contributed by atoms with Crippen molar-refractivity contribution in [3.63, 3.8) is 0 Å². The highest BCUT2D eigenvalue weighted by Crippen LogP contribution is 2.29. The molecule has 1 saturated heterocycles. The summed E-state index contributed by atoms with van der Waals surface area (Å²) in [7, 11) is 0. The first-order chi connectivity index (χ1) is 17.0. The molecule has 1 aliphatic rings. The molecule has 0 unspecified atom stereocenters. The van der Waals surface area contributed by atoms with Crippen LogP contribution < -0.4 is 5.73 Å². The van der Waals surface area contributed by atoms with Gasteiger partial charge in [-0.05, 0) is 77.7 Å². The van der Waals surface area contributed by atoms with Crippen molar-refractivity contribution in [2.75, 3.05) is 13.1 Å². The van der Waals surface area contributed by atoms with Gasteiger partial charge in [0, 0.05) is 31.7 Å². The fourth-order valence-corrected chi connectivity index (χ4v) is 3.94. The number of fused-ring (bicyclic) bond motifs is 1. The molecule has 2 N–H and O–H groups in total. The third kappa shape index (κ3) is 9.46. The van der Waals surface area contributed by atoms with Crippen molar-refractivity contribution < 1.29 is 9.53 Å². The van der Waals surface area contributed by atoms with Gasteiger partial charge in [0.05, 0.1) is 27.5 Å². The summed E-state index contributed by atoms with van der Waals surface area (Å²) in [4.78, 5) is 25.8. The maximum atomic E-state index is 10.0. The van der Waals surface area contributed by atoms with Crippen LogP contribution in [0.3, 0.4) is 0 Å². The Hall–Kier alpha value is -3.19. The van der Waals surface area contributed by atoms with E-state index < -0.39 is 11.7 Å². The van der Waals surface area contributed by atoms with Gasteiger partial charge < -0.3 is 15.4 Å². The second-order valence-electron chi connectivity index (χ2n) is 9.51. The van der Waals surface area contributed by atoms with E-state index >= 15 is 0 Å². The minimum Gasteiger partial charge on any atom is -0.444 e. The number of likely N-dealkylation sites (tertiary alicyclic amines) is 1. The predicted octanol–water partition coefficient (Wildman–Crippen LogP) is 6.74. The molecule has 0 radical (unpaired) electrons. The van der Waals surface area contributed by atoms with E-state index in [9.17, 15) is 4.79 Å². The Bertz CT molecular complexity index is 1160. The highest BCUT2D eigenvalue weighted by molar-refractivity contribution is 6.31. The van der Waals surface area contributed by atoms with Crippen LogP contribution in [0.2, 0.25) is 0 Å². The normalized spacial score (nSPS) is 15.6. The average Bonchev–Trinajstić information content (AvgIpc) is 3.34. The molecule has 1 aliphatic heterocycles. The van der Waals surface area contributed by atoms with Gasteiger partial charge in [0.1, 0.15) is 5.60 Å². The molecule has 0 atom stereocenters. The standard InChI is InChI=1S/C23H27ClN4.C5H11NO2/c1-4-17(3)14-19(24)23(28-12-6-7-13-28)20(5-2)27-16-18-8-9-21-22(15-18)26-11-10-25-21;1-5(2,3)8-4(6)7/h5,8-11,14-16H,4,6-7,12-13H2,1-3H3;1-3H3,(H2,6,7)/b17-14+,20-5+,23-19-,27-16?;. The first kappa shape index (κ1) is 29.0. The Labute approximate surface area is 219 Å². The highest BCUT2D eigenvalue weighted by atomic mass is 35.5. The van der Waals surface area contributed by atoms with E-state index in [4.69, 9.17) is 22.3 Å². The molecular weight excluding hydrogens is 474 g/mol. The molecule has 2 aromatic rings. The Morgan fingerprint density at radius 3 is 2.36 bits per heavy atom. The predicted molar refractivity (Wildman–Crippen MR) is 149 cm³/mol. The zero-order valence-electron chi connectivity index (χ0n) is 22.2. The smallest absolute Gasteiger partial charge is 0.405 e. The van der Waals surface area contributed by atoms with Gasteiger partial charge in [-0.3, -0.25) is 15.0 Å². The number of benzene rings is 1. The lowest BCUT2D eigenvalue weighted by Gasteiger charge is -2.23. The maximum Gasteiger partial charge on any atom is 0.405 e. The highest BCUT2D eigenvalue weighted by Gasteiger charge is 2.20. The van der Waals surface area contributed by atoms with E-state index in [0.717, 1.165) is 52.5 Å². The quantitative estimate of drug-likeness (QED) is 0.342. The minimum absolute atomic E-state index is 0.453. The van der Waals surface area contributed by atoms with E-state index in [1.165, 1.54) is 18.4 Å². The van der Waals surface area contributed by atoms with Crippen molar-refractivity contribution in [3.05, 3.63) is 70.3 Å². The lowest BCUT2D eigenvalue weighted by atomic mass is 10.1. The van der Waals surface area contributed by atoms with Crippen LogP contribution in [0, 0.1) is 0 Å². The molecule has 1 amide bonds. The minimum atomic E-state index is -0.725. The van der Waals surface area contributed by atoms with Gasteiger partial charge in [0.2, 0.25) is 0 Å². The summed E-state index contributed by atoms with van der Waals surface area (Å²) in [5.74, 6) is 0. The Morgan fingerprint density at radius 1 is 1.19 bits per heavy atom. The van der Waals surface area contributed by atoms with Crippen LogP contribution in [-0.2, 0) is 4.74 Å². The first-order valence-electron chi connectivity index (χ1n) is 12.3. The maximum absolute atomic E-state index is 10.0. The molecule has 2 heterocycles. The number of carbonyl (C=O) groups is 1. The number of allylic oxidation sites excluding steroid dienone is 4. The van der Waals surface area contributed by atoms with Gasteiger partial charge >= 0.3 is 6.09 Å². The van der Waals surface area contributed by atoms with Crippen LogP contribution in [-0.4, -0.2) is 45.9 Å². The SMILES string of the molecule is CC(C)(C)OC(N)=O.C\C=C(N=Cc1ccc2nccnc2c1)/C(=C(Cl)\C=C(/C)CC)N1CCCC1. The summed E-state index contributed by atoms with van der Waals surface area (Å²) in [6.45, 7) is 13.6. The van der Waals surface area contributed by atoms with Gasteiger partial charge in [0.15, 0.2) is 0 Å². The number of carbonyl (C=O) groups excluding carboxylic acids is 1. The summed E-state index contributed by atoms with van der Waals surface area (Å²) in [5, 5.41) is 0.760.